The van der Waals surface area contributed by atoms with Crippen molar-refractivity contribution in [3.05, 3.63) is 23.7 Å². The molecule has 6 nitrogen and oxygen atoms in total. The predicted molar refractivity (Wildman–Crippen MR) is 95.3 cm³/mol. The summed E-state index contributed by atoms with van der Waals surface area (Å²) in [4.78, 5) is 20.3. The summed E-state index contributed by atoms with van der Waals surface area (Å²) in [5, 5.41) is 3.99. The molecule has 1 unspecified atom stereocenters. The largest absolute Gasteiger partial charge is 0.444 e. The zero-order chi connectivity index (χ0) is 17.9. The van der Waals surface area contributed by atoms with Crippen LogP contribution in [-0.2, 0) is 4.74 Å². The van der Waals surface area contributed by atoms with Gasteiger partial charge in [0.05, 0.1) is 6.04 Å². The second-order valence-electron chi connectivity index (χ2n) is 7.31. The van der Waals surface area contributed by atoms with Crippen molar-refractivity contribution in [2.45, 2.75) is 52.7 Å². The maximum Gasteiger partial charge on any atom is 0.407 e. The maximum absolute atomic E-state index is 11.9. The Bertz CT molecular complexity index is 706. The number of fused-ring (bicyclic) bond motifs is 1. The first kappa shape index (κ1) is 18.5. The van der Waals surface area contributed by atoms with Gasteiger partial charge in [0.25, 0.3) is 0 Å². The molecule has 2 heterocycles. The first-order valence-electron chi connectivity index (χ1n) is 8.11. The van der Waals surface area contributed by atoms with Crippen LogP contribution in [0.15, 0.2) is 18.5 Å². The molecule has 2 aromatic rings. The smallest absolute Gasteiger partial charge is 0.407 e. The van der Waals surface area contributed by atoms with Gasteiger partial charge in [-0.25, -0.2) is 9.78 Å². The van der Waals surface area contributed by atoms with E-state index < -0.39 is 11.7 Å². The van der Waals surface area contributed by atoms with Gasteiger partial charge in [-0.15, -0.1) is 0 Å². The number of amides is 1. The molecule has 0 aromatic carbocycles. The molecule has 0 bridgehead atoms. The van der Waals surface area contributed by atoms with Crippen molar-refractivity contribution in [2.75, 3.05) is 6.54 Å². The molecule has 2 rings (SSSR count). The molecule has 132 valence electrons. The Balaban J connectivity index is 2.18. The van der Waals surface area contributed by atoms with Crippen LogP contribution < -0.4 is 5.32 Å². The van der Waals surface area contributed by atoms with Crippen molar-refractivity contribution in [1.29, 1.82) is 0 Å². The fourth-order valence-electron chi connectivity index (χ4n) is 2.57. The Morgan fingerprint density at radius 1 is 1.42 bits per heavy atom. The molecule has 1 amide bonds. The Labute approximate surface area is 147 Å². The van der Waals surface area contributed by atoms with Crippen molar-refractivity contribution < 1.29 is 9.53 Å². The fourth-order valence-corrected chi connectivity index (χ4v) is 2.70. The Morgan fingerprint density at radius 2 is 2.12 bits per heavy atom. The minimum atomic E-state index is -0.515. The van der Waals surface area contributed by atoms with E-state index in [1.54, 1.807) is 6.20 Å². The van der Waals surface area contributed by atoms with Gasteiger partial charge in [-0.05, 0) is 50.8 Å². The summed E-state index contributed by atoms with van der Waals surface area (Å²) in [7, 11) is 0. The number of nitrogens with zero attached hydrogens (tertiary/aromatic N) is 3. The lowest BCUT2D eigenvalue weighted by Gasteiger charge is -2.24. The van der Waals surface area contributed by atoms with Crippen LogP contribution in [0.2, 0.25) is 5.28 Å². The summed E-state index contributed by atoms with van der Waals surface area (Å²) < 4.78 is 7.35. The minimum absolute atomic E-state index is 0.0565. The van der Waals surface area contributed by atoms with Gasteiger partial charge in [0, 0.05) is 24.3 Å². The molecule has 0 aliphatic heterocycles. The average molecular weight is 353 g/mol. The summed E-state index contributed by atoms with van der Waals surface area (Å²) in [6, 6.07) is 2.01. The van der Waals surface area contributed by atoms with Gasteiger partial charge in [0.15, 0.2) is 0 Å². The highest BCUT2D eigenvalue weighted by atomic mass is 35.5. The maximum atomic E-state index is 11.9. The number of carbonyl (C=O) groups excluding carboxylic acids is 1. The standard InChI is InChI=1S/C17H25ClN4O2/c1-11(2)8-13(10-20-16(23)24-17(3,4)5)22-7-6-12-9-19-15(18)21-14(12)22/h6-7,9,11,13H,8,10H2,1-5H3,(H,20,23). The van der Waals surface area contributed by atoms with Crippen molar-refractivity contribution in [1.82, 2.24) is 19.9 Å². The molecule has 0 saturated carbocycles. The highest BCUT2D eigenvalue weighted by molar-refractivity contribution is 6.28. The molecule has 0 spiro atoms. The SMILES string of the molecule is CC(C)CC(CNC(=O)OC(C)(C)C)n1ccc2cnc(Cl)nc21. The van der Waals surface area contributed by atoms with Gasteiger partial charge in [0.2, 0.25) is 5.28 Å². The van der Waals surface area contributed by atoms with E-state index >= 15 is 0 Å². The van der Waals surface area contributed by atoms with Crippen LogP contribution in [0.1, 0.15) is 47.1 Å². The number of aromatic nitrogens is 3. The number of halogens is 1. The monoisotopic (exact) mass is 352 g/mol. The number of rotatable bonds is 5. The summed E-state index contributed by atoms with van der Waals surface area (Å²) in [6.45, 7) is 10.3. The van der Waals surface area contributed by atoms with E-state index in [-0.39, 0.29) is 11.3 Å². The summed E-state index contributed by atoms with van der Waals surface area (Å²) in [6.07, 6.45) is 4.13. The number of carbonyl (C=O) groups is 1. The van der Waals surface area contributed by atoms with Crippen LogP contribution in [0.25, 0.3) is 11.0 Å². The molecule has 0 aliphatic rings. The van der Waals surface area contributed by atoms with E-state index in [2.05, 4.69) is 29.1 Å². The van der Waals surface area contributed by atoms with E-state index in [0.29, 0.717) is 12.5 Å². The minimum Gasteiger partial charge on any atom is -0.444 e. The van der Waals surface area contributed by atoms with E-state index in [1.165, 1.54) is 0 Å². The predicted octanol–water partition coefficient (Wildman–Crippen LogP) is 4.20. The van der Waals surface area contributed by atoms with E-state index in [9.17, 15) is 4.79 Å². The number of nitrogens with one attached hydrogen (secondary N) is 1. The van der Waals surface area contributed by atoms with E-state index in [0.717, 1.165) is 17.5 Å². The third-order valence-electron chi connectivity index (χ3n) is 3.44. The molecule has 0 aliphatic carbocycles. The van der Waals surface area contributed by atoms with Crippen LogP contribution in [0.4, 0.5) is 4.79 Å². The highest BCUT2D eigenvalue weighted by Crippen LogP contribution is 2.24. The third kappa shape index (κ3) is 5.09. The van der Waals surface area contributed by atoms with Crippen LogP contribution >= 0.6 is 11.6 Å². The lowest BCUT2D eigenvalue weighted by molar-refractivity contribution is 0.0518. The summed E-state index contributed by atoms with van der Waals surface area (Å²) in [5.74, 6) is 0.463. The third-order valence-corrected chi connectivity index (χ3v) is 3.63. The molecular weight excluding hydrogens is 328 g/mol. The first-order chi connectivity index (χ1) is 11.2. The normalized spacial score (nSPS) is 13.3. The van der Waals surface area contributed by atoms with Gasteiger partial charge >= 0.3 is 6.09 Å². The molecule has 0 fully saturated rings. The van der Waals surface area contributed by atoms with Gasteiger partial charge < -0.3 is 14.6 Å². The quantitative estimate of drug-likeness (QED) is 0.819. The molecule has 0 radical (unpaired) electrons. The Morgan fingerprint density at radius 3 is 2.75 bits per heavy atom. The highest BCUT2D eigenvalue weighted by Gasteiger charge is 2.20. The number of ether oxygens (including phenoxy) is 1. The molecule has 2 aromatic heterocycles. The van der Waals surface area contributed by atoms with Gasteiger partial charge in [-0.1, -0.05) is 13.8 Å². The van der Waals surface area contributed by atoms with Gasteiger partial charge in [-0.3, -0.25) is 0 Å². The number of alkyl carbamates (subject to hydrolysis) is 1. The first-order valence-corrected chi connectivity index (χ1v) is 8.49. The van der Waals surface area contributed by atoms with Crippen molar-refractivity contribution in [3.8, 4) is 0 Å². The number of hydrogen-bond acceptors (Lipinski definition) is 4. The number of hydrogen-bond donors (Lipinski definition) is 1. The fraction of sp³-hybridized carbons (Fsp3) is 0.588. The molecule has 1 atom stereocenters. The van der Waals surface area contributed by atoms with Crippen LogP contribution in [0.3, 0.4) is 0 Å². The van der Waals surface area contributed by atoms with Crippen LogP contribution in [0, 0.1) is 5.92 Å². The van der Waals surface area contributed by atoms with Crippen molar-refractivity contribution in [3.63, 3.8) is 0 Å². The summed E-state index contributed by atoms with van der Waals surface area (Å²) in [5.41, 5.74) is 0.255. The second-order valence-corrected chi connectivity index (χ2v) is 7.65. The van der Waals surface area contributed by atoms with E-state index in [4.69, 9.17) is 16.3 Å². The zero-order valence-corrected chi connectivity index (χ0v) is 15.6. The lowest BCUT2D eigenvalue weighted by atomic mass is 10.0. The lowest BCUT2D eigenvalue weighted by Crippen LogP contribution is -2.36. The van der Waals surface area contributed by atoms with Crippen LogP contribution in [0.5, 0.6) is 0 Å². The Kier molecular flexibility index (Phi) is 5.70. The topological polar surface area (TPSA) is 69.0 Å². The van der Waals surface area contributed by atoms with E-state index in [1.807, 2.05) is 37.6 Å². The molecule has 24 heavy (non-hydrogen) atoms. The summed E-state index contributed by atoms with van der Waals surface area (Å²) >= 11 is 5.93. The average Bonchev–Trinajstić information content (AvgIpc) is 2.84. The Hall–Kier alpha value is -1.82. The molecule has 7 heteroatoms. The van der Waals surface area contributed by atoms with Gasteiger partial charge in [-0.2, -0.15) is 4.98 Å². The molecular formula is C17H25ClN4O2. The molecule has 1 N–H and O–H groups in total. The van der Waals surface area contributed by atoms with Crippen molar-refractivity contribution in [2.24, 2.45) is 5.92 Å². The van der Waals surface area contributed by atoms with Gasteiger partial charge in [0.1, 0.15) is 11.2 Å². The zero-order valence-electron chi connectivity index (χ0n) is 14.8. The molecule has 0 saturated heterocycles. The second kappa shape index (κ2) is 7.38. The van der Waals surface area contributed by atoms with Crippen molar-refractivity contribution >= 4 is 28.7 Å². The van der Waals surface area contributed by atoms with Crippen LogP contribution in [-0.4, -0.2) is 32.8 Å².